The van der Waals surface area contributed by atoms with E-state index >= 15 is 0 Å². The molecule has 1 atom stereocenters. The van der Waals surface area contributed by atoms with Crippen LogP contribution in [-0.4, -0.2) is 36.2 Å². The van der Waals surface area contributed by atoms with Crippen molar-refractivity contribution in [3.05, 3.63) is 23.7 Å². The maximum Gasteiger partial charge on any atom is 0.425 e. The van der Waals surface area contributed by atoms with E-state index in [2.05, 4.69) is 10.6 Å². The van der Waals surface area contributed by atoms with E-state index in [4.69, 9.17) is 4.42 Å². The van der Waals surface area contributed by atoms with Crippen molar-refractivity contribution in [2.24, 2.45) is 5.92 Å². The quantitative estimate of drug-likeness (QED) is 0.694. The summed E-state index contributed by atoms with van der Waals surface area (Å²) < 4.78 is 44.5. The average molecular weight is 348 g/mol. The summed E-state index contributed by atoms with van der Waals surface area (Å²) in [6.45, 7) is 1.47. The predicted molar refractivity (Wildman–Crippen MR) is 76.8 cm³/mol. The Morgan fingerprint density at radius 2 is 1.92 bits per heavy atom. The number of hydrogen-bond donors (Lipinski definition) is 3. The molecule has 2 rings (SSSR count). The molecule has 0 spiro atoms. The van der Waals surface area contributed by atoms with E-state index in [0.717, 1.165) is 18.9 Å². The molecule has 1 saturated carbocycles. The third-order valence-corrected chi connectivity index (χ3v) is 3.76. The molecule has 0 radical (unpaired) electrons. The molecule has 1 fully saturated rings. The van der Waals surface area contributed by atoms with Crippen molar-refractivity contribution in [3.8, 4) is 0 Å². The van der Waals surface area contributed by atoms with Crippen molar-refractivity contribution in [1.82, 2.24) is 10.6 Å². The van der Waals surface area contributed by atoms with Crippen LogP contribution in [0.25, 0.3) is 0 Å². The zero-order valence-electron chi connectivity index (χ0n) is 13.1. The van der Waals surface area contributed by atoms with Crippen LogP contribution in [0.15, 0.2) is 16.5 Å². The number of rotatable bonds is 7. The Hall–Kier alpha value is -2.03. The van der Waals surface area contributed by atoms with Crippen LogP contribution in [0, 0.1) is 12.8 Å². The minimum atomic E-state index is -5.11. The van der Waals surface area contributed by atoms with Gasteiger partial charge < -0.3 is 20.2 Å². The van der Waals surface area contributed by atoms with Gasteiger partial charge in [0.15, 0.2) is 0 Å². The summed E-state index contributed by atoms with van der Waals surface area (Å²) >= 11 is 0. The van der Waals surface area contributed by atoms with Gasteiger partial charge >= 0.3 is 6.18 Å². The van der Waals surface area contributed by atoms with Gasteiger partial charge in [-0.15, -0.1) is 0 Å². The number of amides is 2. The minimum absolute atomic E-state index is 0.174. The topological polar surface area (TPSA) is 91.6 Å². The fraction of sp³-hybridized carbons (Fsp3) is 0.600. The van der Waals surface area contributed by atoms with Crippen LogP contribution in [0.3, 0.4) is 0 Å². The molecule has 3 N–H and O–H groups in total. The van der Waals surface area contributed by atoms with Crippen LogP contribution in [0.5, 0.6) is 0 Å². The molecule has 0 aromatic carbocycles. The average Bonchev–Trinajstić information content (AvgIpc) is 3.21. The first-order valence-electron chi connectivity index (χ1n) is 7.51. The molecule has 1 unspecified atom stereocenters. The Labute approximate surface area is 136 Å². The second kappa shape index (κ2) is 6.84. The number of aliphatic hydroxyl groups is 1. The highest BCUT2D eigenvalue weighted by Crippen LogP contribution is 2.42. The standard InChI is InChI=1S/C15H19F3N2O4/c1-9-2-5-11(24-9)14(23,15(16,17)18)6-12(21)20-8-13(22)19-7-10-3-4-10/h2,5,10,23H,3-4,6-8H2,1H3,(H,19,22)(H,20,21). The Morgan fingerprint density at radius 1 is 1.25 bits per heavy atom. The SMILES string of the molecule is Cc1ccc(C(O)(CC(=O)NCC(=O)NCC2CC2)C(F)(F)F)o1. The first-order valence-corrected chi connectivity index (χ1v) is 7.51. The summed E-state index contributed by atoms with van der Waals surface area (Å²) in [4.78, 5) is 23.2. The fourth-order valence-electron chi connectivity index (χ4n) is 2.10. The van der Waals surface area contributed by atoms with E-state index in [9.17, 15) is 27.9 Å². The molecule has 134 valence electrons. The predicted octanol–water partition coefficient (Wildman–Crippen LogP) is 1.37. The number of halogens is 3. The minimum Gasteiger partial charge on any atom is -0.463 e. The molecule has 0 bridgehead atoms. The molecule has 0 saturated heterocycles. The fourth-order valence-corrected chi connectivity index (χ4v) is 2.10. The first-order chi connectivity index (χ1) is 11.1. The van der Waals surface area contributed by atoms with E-state index in [1.807, 2.05) is 0 Å². The molecule has 1 heterocycles. The second-order valence-electron chi connectivity index (χ2n) is 5.97. The summed E-state index contributed by atoms with van der Waals surface area (Å²) in [5.74, 6) is -1.74. The molecule has 2 amide bonds. The maximum absolute atomic E-state index is 13.2. The molecule has 24 heavy (non-hydrogen) atoms. The lowest BCUT2D eigenvalue weighted by atomic mass is 9.95. The van der Waals surface area contributed by atoms with E-state index < -0.39 is 42.3 Å². The molecule has 1 aromatic heterocycles. The molecule has 0 aliphatic heterocycles. The van der Waals surface area contributed by atoms with E-state index in [0.29, 0.717) is 12.5 Å². The van der Waals surface area contributed by atoms with Gasteiger partial charge in [0.2, 0.25) is 17.4 Å². The number of carbonyl (C=O) groups is 2. The zero-order valence-corrected chi connectivity index (χ0v) is 13.1. The van der Waals surface area contributed by atoms with Gasteiger partial charge in [-0.05, 0) is 37.8 Å². The highest BCUT2D eigenvalue weighted by atomic mass is 19.4. The van der Waals surface area contributed by atoms with Crippen LogP contribution in [-0.2, 0) is 15.2 Å². The molecule has 6 nitrogen and oxygen atoms in total. The third kappa shape index (κ3) is 4.50. The summed E-state index contributed by atoms with van der Waals surface area (Å²) in [6, 6.07) is 2.23. The van der Waals surface area contributed by atoms with E-state index in [1.165, 1.54) is 13.0 Å². The summed E-state index contributed by atoms with van der Waals surface area (Å²) in [5, 5.41) is 14.6. The van der Waals surface area contributed by atoms with Gasteiger partial charge in [-0.3, -0.25) is 9.59 Å². The van der Waals surface area contributed by atoms with Gasteiger partial charge in [-0.2, -0.15) is 13.2 Å². The van der Waals surface area contributed by atoms with Crippen LogP contribution in [0.4, 0.5) is 13.2 Å². The Balaban J connectivity index is 1.93. The van der Waals surface area contributed by atoms with Gasteiger partial charge in [-0.25, -0.2) is 0 Å². The van der Waals surface area contributed by atoms with Crippen LogP contribution >= 0.6 is 0 Å². The van der Waals surface area contributed by atoms with Crippen molar-refractivity contribution < 1.29 is 32.3 Å². The van der Waals surface area contributed by atoms with Crippen molar-refractivity contribution in [3.63, 3.8) is 0 Å². The van der Waals surface area contributed by atoms with Gasteiger partial charge in [0.05, 0.1) is 13.0 Å². The van der Waals surface area contributed by atoms with Gasteiger partial charge in [-0.1, -0.05) is 0 Å². The number of hydrogen-bond acceptors (Lipinski definition) is 4. The lowest BCUT2D eigenvalue weighted by molar-refractivity contribution is -0.273. The first kappa shape index (κ1) is 18.3. The normalized spacial score (nSPS) is 17.2. The van der Waals surface area contributed by atoms with Gasteiger partial charge in [0.1, 0.15) is 11.5 Å². The maximum atomic E-state index is 13.2. The van der Waals surface area contributed by atoms with Crippen LogP contribution < -0.4 is 10.6 Å². The molecule has 1 aliphatic rings. The molecule has 1 aliphatic carbocycles. The molecule has 1 aromatic rings. The van der Waals surface area contributed by atoms with Crippen LogP contribution in [0.1, 0.15) is 30.8 Å². The number of aryl methyl sites for hydroxylation is 1. The van der Waals surface area contributed by atoms with E-state index in [-0.39, 0.29) is 5.76 Å². The van der Waals surface area contributed by atoms with Crippen molar-refractivity contribution in [2.75, 3.05) is 13.1 Å². The van der Waals surface area contributed by atoms with Crippen LogP contribution in [0.2, 0.25) is 0 Å². The van der Waals surface area contributed by atoms with Gasteiger partial charge in [0, 0.05) is 6.54 Å². The summed E-state index contributed by atoms with van der Waals surface area (Å²) in [5.41, 5.74) is -3.45. The lowest BCUT2D eigenvalue weighted by Crippen LogP contribution is -2.47. The van der Waals surface area contributed by atoms with E-state index in [1.54, 1.807) is 0 Å². The summed E-state index contributed by atoms with van der Waals surface area (Å²) in [7, 11) is 0. The highest BCUT2D eigenvalue weighted by Gasteiger charge is 2.58. The molecule has 9 heteroatoms. The highest BCUT2D eigenvalue weighted by molar-refractivity contribution is 5.85. The lowest BCUT2D eigenvalue weighted by Gasteiger charge is -2.27. The number of furan rings is 1. The Bertz CT molecular complexity index is 610. The van der Waals surface area contributed by atoms with Crippen molar-refractivity contribution >= 4 is 11.8 Å². The number of alkyl halides is 3. The summed E-state index contributed by atoms with van der Waals surface area (Å²) in [6.07, 6.45) is -4.33. The van der Waals surface area contributed by atoms with Crippen molar-refractivity contribution in [2.45, 2.75) is 38.0 Å². The Kier molecular flexibility index (Phi) is 5.22. The van der Waals surface area contributed by atoms with Gasteiger partial charge in [0.25, 0.3) is 0 Å². The zero-order chi connectivity index (χ0) is 18.0. The largest absolute Gasteiger partial charge is 0.463 e. The Morgan fingerprint density at radius 3 is 2.42 bits per heavy atom. The molecular weight excluding hydrogens is 329 g/mol. The third-order valence-electron chi connectivity index (χ3n) is 3.76. The monoisotopic (exact) mass is 348 g/mol. The smallest absolute Gasteiger partial charge is 0.425 e. The second-order valence-corrected chi connectivity index (χ2v) is 5.97. The number of nitrogens with one attached hydrogen (secondary N) is 2. The molecular formula is C15H19F3N2O4. The van der Waals surface area contributed by atoms with Crippen molar-refractivity contribution in [1.29, 1.82) is 0 Å². The number of carbonyl (C=O) groups excluding carboxylic acids is 2.